The summed E-state index contributed by atoms with van der Waals surface area (Å²) < 4.78 is 5.05. The highest BCUT2D eigenvalue weighted by Crippen LogP contribution is 2.13. The smallest absolute Gasteiger partial charge is 0.198 e. The average molecular weight is 298 g/mol. The van der Waals surface area contributed by atoms with Gasteiger partial charge in [0.25, 0.3) is 0 Å². The zero-order chi connectivity index (χ0) is 15.4. The molecule has 0 aromatic carbocycles. The van der Waals surface area contributed by atoms with Crippen LogP contribution in [0.2, 0.25) is 0 Å². The van der Waals surface area contributed by atoms with Gasteiger partial charge in [0.2, 0.25) is 0 Å². The van der Waals surface area contributed by atoms with E-state index >= 15 is 0 Å². The molecule has 0 aliphatic rings. The number of hydrogen-bond donors (Lipinski definition) is 0. The first-order valence-electron chi connectivity index (χ1n) is 9.25. The second kappa shape index (κ2) is 19.6. The molecule has 125 valence electrons. The van der Waals surface area contributed by atoms with Crippen molar-refractivity contribution < 1.29 is 9.53 Å². The maximum Gasteiger partial charge on any atom is 0.198 e. The van der Waals surface area contributed by atoms with Crippen LogP contribution in [0, 0.1) is 0 Å². The Kier molecular flexibility index (Phi) is 19.3. The Morgan fingerprint density at radius 3 is 1.24 bits per heavy atom. The van der Waals surface area contributed by atoms with Crippen molar-refractivity contribution in [2.45, 2.75) is 103 Å². The summed E-state index contributed by atoms with van der Waals surface area (Å²) in [7, 11) is 1.78. The predicted octanol–water partition coefficient (Wildman–Crippen LogP) is 5.98. The van der Waals surface area contributed by atoms with Crippen LogP contribution in [-0.4, -0.2) is 20.0 Å². The van der Waals surface area contributed by atoms with Crippen LogP contribution >= 0.6 is 0 Å². The number of methoxy groups -OCH3 is 1. The number of ether oxygens (including phenoxy) is 1. The Morgan fingerprint density at radius 1 is 0.571 bits per heavy atom. The quantitative estimate of drug-likeness (QED) is 0.291. The van der Waals surface area contributed by atoms with E-state index in [-0.39, 0.29) is 0 Å². The summed E-state index contributed by atoms with van der Waals surface area (Å²) in [6.45, 7) is 0.926. The van der Waals surface area contributed by atoms with Gasteiger partial charge in [0, 0.05) is 20.1 Å². The highest BCUT2D eigenvalue weighted by Gasteiger charge is 1.94. The Labute approximate surface area is 133 Å². The van der Waals surface area contributed by atoms with Crippen LogP contribution in [0.1, 0.15) is 103 Å². The first-order valence-corrected chi connectivity index (χ1v) is 9.25. The van der Waals surface area contributed by atoms with Crippen molar-refractivity contribution in [2.24, 2.45) is 0 Å². The molecule has 0 amide bonds. The van der Waals surface area contributed by atoms with Crippen LogP contribution in [0.25, 0.3) is 0 Å². The molecule has 0 aliphatic carbocycles. The minimum absolute atomic E-state index is 0.631. The fraction of sp³-hybridized carbons (Fsp3) is 0.947. The fourth-order valence-electron chi connectivity index (χ4n) is 2.74. The Morgan fingerprint density at radius 2 is 0.905 bits per heavy atom. The minimum atomic E-state index is 0.631. The van der Waals surface area contributed by atoms with Crippen molar-refractivity contribution in [1.82, 2.24) is 0 Å². The first-order chi connectivity index (χ1) is 10.4. The largest absolute Gasteiger partial charge is 0.385 e. The van der Waals surface area contributed by atoms with Crippen LogP contribution in [0.3, 0.4) is 0 Å². The zero-order valence-electron chi connectivity index (χ0n) is 14.3. The lowest BCUT2D eigenvalue weighted by Gasteiger charge is -2.03. The number of carbonyl (C=O) groups excluding carboxylic acids is 1. The molecule has 2 heteroatoms. The van der Waals surface area contributed by atoms with Crippen molar-refractivity contribution in [3.8, 4) is 0 Å². The lowest BCUT2D eigenvalue weighted by atomic mass is 10.0. The molecule has 1 radical (unpaired) electrons. The van der Waals surface area contributed by atoms with Crippen LogP contribution in [0.15, 0.2) is 0 Å². The van der Waals surface area contributed by atoms with Gasteiger partial charge in [-0.05, 0) is 12.8 Å². The predicted molar refractivity (Wildman–Crippen MR) is 91.4 cm³/mol. The standard InChI is InChI=1S/C19H37O2/c1-21-19-17-15-13-11-9-7-5-3-2-4-6-8-10-12-14-16-18-20/h2-17,19H2,1H3. The van der Waals surface area contributed by atoms with Gasteiger partial charge in [0.05, 0.1) is 0 Å². The summed E-state index contributed by atoms with van der Waals surface area (Å²) in [4.78, 5) is 10.0. The van der Waals surface area contributed by atoms with Gasteiger partial charge in [0.1, 0.15) is 0 Å². The molecule has 0 aromatic heterocycles. The maximum absolute atomic E-state index is 10.0. The first kappa shape index (κ1) is 20.6. The van der Waals surface area contributed by atoms with E-state index < -0.39 is 0 Å². The maximum atomic E-state index is 10.0. The van der Waals surface area contributed by atoms with Gasteiger partial charge in [-0.2, -0.15) is 0 Å². The third-order valence-electron chi connectivity index (χ3n) is 4.13. The van der Waals surface area contributed by atoms with Gasteiger partial charge >= 0.3 is 0 Å². The molecule has 21 heavy (non-hydrogen) atoms. The van der Waals surface area contributed by atoms with E-state index in [1.165, 1.54) is 89.9 Å². The summed E-state index contributed by atoms with van der Waals surface area (Å²) in [6.07, 6.45) is 22.7. The van der Waals surface area contributed by atoms with Crippen molar-refractivity contribution >= 4 is 6.29 Å². The average Bonchev–Trinajstić information content (AvgIpc) is 2.50. The van der Waals surface area contributed by atoms with Crippen molar-refractivity contribution in [2.75, 3.05) is 13.7 Å². The molecular formula is C19H37O2. The van der Waals surface area contributed by atoms with Gasteiger partial charge < -0.3 is 4.74 Å². The van der Waals surface area contributed by atoms with Crippen molar-refractivity contribution in [3.05, 3.63) is 0 Å². The molecule has 0 fully saturated rings. The van der Waals surface area contributed by atoms with E-state index in [1.54, 1.807) is 7.11 Å². The third kappa shape index (κ3) is 19.6. The van der Waals surface area contributed by atoms with Crippen LogP contribution in [-0.2, 0) is 9.53 Å². The summed E-state index contributed by atoms with van der Waals surface area (Å²) in [5.41, 5.74) is 0. The molecule has 0 bridgehead atoms. The van der Waals surface area contributed by atoms with Gasteiger partial charge in [0.15, 0.2) is 6.29 Å². The van der Waals surface area contributed by atoms with E-state index in [9.17, 15) is 4.79 Å². The minimum Gasteiger partial charge on any atom is -0.385 e. The molecule has 0 spiro atoms. The summed E-state index contributed by atoms with van der Waals surface area (Å²) >= 11 is 0. The van der Waals surface area contributed by atoms with Crippen molar-refractivity contribution in [3.63, 3.8) is 0 Å². The van der Waals surface area contributed by atoms with Gasteiger partial charge in [-0.1, -0.05) is 83.5 Å². The molecule has 2 nitrogen and oxygen atoms in total. The fourth-order valence-corrected chi connectivity index (χ4v) is 2.74. The molecular weight excluding hydrogens is 260 g/mol. The number of rotatable bonds is 18. The molecule has 0 saturated heterocycles. The van der Waals surface area contributed by atoms with Crippen molar-refractivity contribution in [1.29, 1.82) is 0 Å². The summed E-state index contributed by atoms with van der Waals surface area (Å²) in [6, 6.07) is 0. The Hall–Kier alpha value is -0.370. The SMILES string of the molecule is COCCCCCCCCCCCCCCCCC[C]=O. The second-order valence-electron chi connectivity index (χ2n) is 6.19. The highest BCUT2D eigenvalue weighted by atomic mass is 16.5. The highest BCUT2D eigenvalue weighted by molar-refractivity contribution is 5.50. The normalized spacial score (nSPS) is 10.9. The van der Waals surface area contributed by atoms with Gasteiger partial charge in [-0.25, -0.2) is 0 Å². The van der Waals surface area contributed by atoms with E-state index in [1.807, 2.05) is 6.29 Å². The van der Waals surface area contributed by atoms with Crippen LogP contribution in [0.4, 0.5) is 0 Å². The Bertz CT molecular complexity index is 192. The molecule has 0 heterocycles. The summed E-state index contributed by atoms with van der Waals surface area (Å²) in [5, 5.41) is 0. The molecule has 0 atom stereocenters. The lowest BCUT2D eigenvalue weighted by molar-refractivity contribution is 0.192. The molecule has 0 aliphatic heterocycles. The van der Waals surface area contributed by atoms with Gasteiger partial charge in [-0.3, -0.25) is 4.79 Å². The second-order valence-corrected chi connectivity index (χ2v) is 6.19. The zero-order valence-corrected chi connectivity index (χ0v) is 14.3. The number of unbranched alkanes of at least 4 members (excludes halogenated alkanes) is 15. The number of hydrogen-bond acceptors (Lipinski definition) is 2. The molecule has 0 rings (SSSR count). The van der Waals surface area contributed by atoms with Crippen LogP contribution < -0.4 is 0 Å². The van der Waals surface area contributed by atoms with E-state index in [0.717, 1.165) is 13.0 Å². The van der Waals surface area contributed by atoms with Gasteiger partial charge in [-0.15, -0.1) is 0 Å². The lowest BCUT2D eigenvalue weighted by Crippen LogP contribution is -1.88. The third-order valence-corrected chi connectivity index (χ3v) is 4.13. The summed E-state index contributed by atoms with van der Waals surface area (Å²) in [5.74, 6) is 0. The monoisotopic (exact) mass is 297 g/mol. The van der Waals surface area contributed by atoms with Crippen LogP contribution in [0.5, 0.6) is 0 Å². The molecule has 0 N–H and O–H groups in total. The molecule has 0 unspecified atom stereocenters. The Balaban J connectivity index is 2.91. The van der Waals surface area contributed by atoms with E-state index in [2.05, 4.69) is 0 Å². The molecule has 0 aromatic rings. The topological polar surface area (TPSA) is 26.3 Å². The van der Waals surface area contributed by atoms with E-state index in [4.69, 9.17) is 4.74 Å². The van der Waals surface area contributed by atoms with E-state index in [0.29, 0.717) is 6.42 Å². The molecule has 0 saturated carbocycles.